The molecule has 0 fully saturated rings. The van der Waals surface area contributed by atoms with Crippen molar-refractivity contribution in [3.8, 4) is 0 Å². The van der Waals surface area contributed by atoms with Crippen molar-refractivity contribution >= 4 is 10.0 Å². The van der Waals surface area contributed by atoms with Crippen LogP contribution in [0.1, 0.15) is 25.2 Å². The predicted octanol–water partition coefficient (Wildman–Crippen LogP) is 0.323. The van der Waals surface area contributed by atoms with Crippen molar-refractivity contribution in [2.75, 3.05) is 13.2 Å². The molecule has 1 aromatic heterocycles. The van der Waals surface area contributed by atoms with Gasteiger partial charge in [-0.1, -0.05) is 13.8 Å². The number of hydrogen-bond donors (Lipinski definition) is 3. The first kappa shape index (κ1) is 14.1. The molecule has 0 saturated carbocycles. The van der Waals surface area contributed by atoms with E-state index in [2.05, 4.69) is 14.9 Å². The number of sulfonamides is 1. The molecule has 98 valence electrons. The lowest BCUT2D eigenvalue weighted by Gasteiger charge is -2.21. The summed E-state index contributed by atoms with van der Waals surface area (Å²) in [7, 11) is -3.58. The highest BCUT2D eigenvalue weighted by molar-refractivity contribution is 7.89. The Morgan fingerprint density at radius 1 is 1.41 bits per heavy atom. The van der Waals surface area contributed by atoms with Gasteiger partial charge in [-0.3, -0.25) is 5.10 Å². The Morgan fingerprint density at radius 2 is 2.00 bits per heavy atom. The monoisotopic (exact) mass is 261 g/mol. The van der Waals surface area contributed by atoms with Crippen LogP contribution < -0.4 is 4.72 Å². The molecule has 0 aromatic carbocycles. The molecule has 0 aliphatic heterocycles. The van der Waals surface area contributed by atoms with Gasteiger partial charge in [-0.15, -0.1) is 0 Å². The van der Waals surface area contributed by atoms with Gasteiger partial charge in [0.15, 0.2) is 0 Å². The summed E-state index contributed by atoms with van der Waals surface area (Å²) in [6.07, 6.45) is 0. The molecule has 0 spiro atoms. The molecule has 1 rings (SSSR count). The topological polar surface area (TPSA) is 95.1 Å². The first-order chi connectivity index (χ1) is 7.69. The maximum atomic E-state index is 12.0. The van der Waals surface area contributed by atoms with E-state index in [0.717, 1.165) is 0 Å². The average Bonchev–Trinajstić information content (AvgIpc) is 2.57. The van der Waals surface area contributed by atoms with Gasteiger partial charge in [-0.25, -0.2) is 13.1 Å². The van der Waals surface area contributed by atoms with Crippen LogP contribution in [0.25, 0.3) is 0 Å². The van der Waals surface area contributed by atoms with E-state index in [9.17, 15) is 8.42 Å². The Bertz CT molecular complexity index is 471. The fourth-order valence-electron chi connectivity index (χ4n) is 1.36. The molecule has 1 heterocycles. The lowest BCUT2D eigenvalue weighted by atomic mass is 9.96. The van der Waals surface area contributed by atoms with Crippen LogP contribution in [-0.2, 0) is 10.0 Å². The lowest BCUT2D eigenvalue weighted by molar-refractivity contribution is 0.163. The van der Waals surface area contributed by atoms with Gasteiger partial charge in [-0.05, 0) is 13.8 Å². The van der Waals surface area contributed by atoms with Crippen molar-refractivity contribution in [1.29, 1.82) is 0 Å². The lowest BCUT2D eigenvalue weighted by Crippen LogP contribution is -2.36. The van der Waals surface area contributed by atoms with E-state index in [0.29, 0.717) is 11.4 Å². The first-order valence-corrected chi connectivity index (χ1v) is 6.80. The second kappa shape index (κ2) is 4.75. The van der Waals surface area contributed by atoms with Gasteiger partial charge in [0.2, 0.25) is 10.0 Å². The summed E-state index contributed by atoms with van der Waals surface area (Å²) in [4.78, 5) is 0.186. The van der Waals surface area contributed by atoms with E-state index in [1.165, 1.54) is 0 Å². The number of aliphatic hydroxyl groups is 1. The van der Waals surface area contributed by atoms with E-state index in [1.807, 2.05) is 0 Å². The number of hydrogen-bond acceptors (Lipinski definition) is 4. The number of aromatic amines is 1. The van der Waals surface area contributed by atoms with Gasteiger partial charge in [-0.2, -0.15) is 5.10 Å². The standard InChI is InChI=1S/C10H19N3O3S/c1-7-9(8(2)13-12-7)17(15,16)11-5-10(3,4)6-14/h11,14H,5-6H2,1-4H3,(H,12,13). The number of aryl methyl sites for hydroxylation is 2. The minimum atomic E-state index is -3.58. The summed E-state index contributed by atoms with van der Waals surface area (Å²) in [5, 5.41) is 15.6. The zero-order valence-electron chi connectivity index (χ0n) is 10.5. The summed E-state index contributed by atoms with van der Waals surface area (Å²) in [6, 6.07) is 0. The Labute approximate surface area is 101 Å². The number of rotatable bonds is 5. The molecule has 0 radical (unpaired) electrons. The third-order valence-electron chi connectivity index (χ3n) is 2.50. The van der Waals surface area contributed by atoms with E-state index in [1.54, 1.807) is 27.7 Å². The molecule has 3 N–H and O–H groups in total. The zero-order chi connectivity index (χ0) is 13.3. The van der Waals surface area contributed by atoms with Crippen LogP contribution in [0.2, 0.25) is 0 Å². The molecule has 0 saturated heterocycles. The second-order valence-electron chi connectivity index (χ2n) is 4.91. The van der Waals surface area contributed by atoms with Gasteiger partial charge >= 0.3 is 0 Å². The Balaban J connectivity index is 2.91. The number of H-pyrrole nitrogens is 1. The molecule has 7 heteroatoms. The van der Waals surface area contributed by atoms with Crippen molar-refractivity contribution in [3.05, 3.63) is 11.4 Å². The predicted molar refractivity (Wildman–Crippen MR) is 64.1 cm³/mol. The second-order valence-corrected chi connectivity index (χ2v) is 6.61. The van der Waals surface area contributed by atoms with E-state index in [4.69, 9.17) is 5.11 Å². The van der Waals surface area contributed by atoms with Crippen molar-refractivity contribution in [2.24, 2.45) is 5.41 Å². The molecule has 0 atom stereocenters. The van der Waals surface area contributed by atoms with Gasteiger partial charge in [0, 0.05) is 18.6 Å². The molecule has 6 nitrogen and oxygen atoms in total. The van der Waals surface area contributed by atoms with Crippen LogP contribution in [0.5, 0.6) is 0 Å². The van der Waals surface area contributed by atoms with Gasteiger partial charge in [0.1, 0.15) is 4.90 Å². The van der Waals surface area contributed by atoms with E-state index in [-0.39, 0.29) is 18.0 Å². The Morgan fingerprint density at radius 3 is 2.41 bits per heavy atom. The van der Waals surface area contributed by atoms with Crippen molar-refractivity contribution in [3.63, 3.8) is 0 Å². The minimum Gasteiger partial charge on any atom is -0.396 e. The highest BCUT2D eigenvalue weighted by Crippen LogP contribution is 2.18. The highest BCUT2D eigenvalue weighted by atomic mass is 32.2. The molecule has 0 amide bonds. The fourth-order valence-corrected chi connectivity index (χ4v) is 2.96. The summed E-state index contributed by atoms with van der Waals surface area (Å²) in [5.74, 6) is 0. The van der Waals surface area contributed by atoms with Crippen LogP contribution >= 0.6 is 0 Å². The van der Waals surface area contributed by atoms with Crippen molar-refractivity contribution in [1.82, 2.24) is 14.9 Å². The van der Waals surface area contributed by atoms with Crippen LogP contribution in [0.3, 0.4) is 0 Å². The zero-order valence-corrected chi connectivity index (χ0v) is 11.3. The fraction of sp³-hybridized carbons (Fsp3) is 0.700. The highest BCUT2D eigenvalue weighted by Gasteiger charge is 2.25. The number of nitrogens with zero attached hydrogens (tertiary/aromatic N) is 1. The van der Waals surface area contributed by atoms with Crippen LogP contribution in [0.4, 0.5) is 0 Å². The largest absolute Gasteiger partial charge is 0.396 e. The minimum absolute atomic E-state index is 0.0845. The number of nitrogens with one attached hydrogen (secondary N) is 2. The molecule has 17 heavy (non-hydrogen) atoms. The molecular weight excluding hydrogens is 242 g/mol. The molecule has 1 aromatic rings. The normalized spacial score (nSPS) is 13.0. The average molecular weight is 261 g/mol. The van der Waals surface area contributed by atoms with Crippen molar-refractivity contribution < 1.29 is 13.5 Å². The maximum Gasteiger partial charge on any atom is 0.244 e. The third kappa shape index (κ3) is 3.27. The smallest absolute Gasteiger partial charge is 0.244 e. The van der Waals surface area contributed by atoms with Gasteiger partial charge < -0.3 is 5.11 Å². The van der Waals surface area contributed by atoms with E-state index < -0.39 is 15.4 Å². The number of aromatic nitrogens is 2. The summed E-state index contributed by atoms with van der Waals surface area (Å²) in [5.41, 5.74) is 0.465. The molecular formula is C10H19N3O3S. The van der Waals surface area contributed by atoms with E-state index >= 15 is 0 Å². The molecule has 0 aliphatic rings. The Kier molecular flexibility index (Phi) is 3.95. The number of aliphatic hydroxyl groups excluding tert-OH is 1. The van der Waals surface area contributed by atoms with Crippen molar-refractivity contribution in [2.45, 2.75) is 32.6 Å². The van der Waals surface area contributed by atoms with Gasteiger partial charge in [0.25, 0.3) is 0 Å². The Hall–Kier alpha value is -0.920. The van der Waals surface area contributed by atoms with Crippen LogP contribution in [0, 0.1) is 19.3 Å². The van der Waals surface area contributed by atoms with Crippen LogP contribution in [0.15, 0.2) is 4.90 Å². The van der Waals surface area contributed by atoms with Gasteiger partial charge in [0.05, 0.1) is 11.4 Å². The summed E-state index contributed by atoms with van der Waals surface area (Å²) in [6.45, 7) is 6.95. The molecule has 0 aliphatic carbocycles. The quantitative estimate of drug-likeness (QED) is 0.711. The first-order valence-electron chi connectivity index (χ1n) is 5.32. The SMILES string of the molecule is Cc1n[nH]c(C)c1S(=O)(=O)NCC(C)(C)CO. The van der Waals surface area contributed by atoms with Crippen LogP contribution in [-0.4, -0.2) is 36.9 Å². The third-order valence-corrected chi connectivity index (χ3v) is 4.16. The summed E-state index contributed by atoms with van der Waals surface area (Å²) >= 11 is 0. The summed E-state index contributed by atoms with van der Waals surface area (Å²) < 4.78 is 26.6. The maximum absolute atomic E-state index is 12.0. The molecule has 0 unspecified atom stereocenters. The molecule has 0 bridgehead atoms.